The average molecular weight is 346 g/mol. The van der Waals surface area contributed by atoms with Gasteiger partial charge in [0, 0.05) is 17.3 Å². The van der Waals surface area contributed by atoms with Crippen LogP contribution in [0.5, 0.6) is 5.75 Å². The van der Waals surface area contributed by atoms with E-state index in [0.717, 1.165) is 22.3 Å². The number of nitrogens with zero attached hydrogens (tertiary/aromatic N) is 1. The van der Waals surface area contributed by atoms with Gasteiger partial charge in [0.2, 0.25) is 0 Å². The molecule has 1 heterocycles. The first-order chi connectivity index (χ1) is 10.1. The molecule has 1 amide bonds. The van der Waals surface area contributed by atoms with Crippen LogP contribution in [0.15, 0.2) is 46.9 Å². The van der Waals surface area contributed by atoms with Crippen molar-refractivity contribution in [3.05, 3.63) is 58.1 Å². The molecule has 3 rings (SSSR count). The summed E-state index contributed by atoms with van der Waals surface area (Å²) >= 11 is 3.44. The van der Waals surface area contributed by atoms with E-state index in [9.17, 15) is 4.79 Å². The lowest BCUT2D eigenvalue weighted by Crippen LogP contribution is -2.35. The molecular weight excluding hydrogens is 330 g/mol. The van der Waals surface area contributed by atoms with Gasteiger partial charge in [-0.25, -0.2) is 0 Å². The van der Waals surface area contributed by atoms with E-state index in [1.165, 1.54) is 5.56 Å². The summed E-state index contributed by atoms with van der Waals surface area (Å²) < 4.78 is 6.00. The summed E-state index contributed by atoms with van der Waals surface area (Å²) in [5.41, 5.74) is 2.90. The Morgan fingerprint density at radius 3 is 2.76 bits per heavy atom. The van der Waals surface area contributed by atoms with Gasteiger partial charge in [0.1, 0.15) is 5.75 Å². The molecule has 21 heavy (non-hydrogen) atoms. The van der Waals surface area contributed by atoms with Gasteiger partial charge in [-0.2, -0.15) is 0 Å². The Morgan fingerprint density at radius 1 is 1.29 bits per heavy atom. The van der Waals surface area contributed by atoms with Gasteiger partial charge < -0.3 is 9.64 Å². The number of carbonyl (C=O) groups is 1. The van der Waals surface area contributed by atoms with Crippen molar-refractivity contribution < 1.29 is 9.53 Å². The van der Waals surface area contributed by atoms with Crippen LogP contribution in [0.3, 0.4) is 0 Å². The van der Waals surface area contributed by atoms with E-state index >= 15 is 0 Å². The lowest BCUT2D eigenvalue weighted by atomic mass is 10.1. The fraction of sp³-hybridized carbons (Fsp3) is 0.235. The molecule has 1 atom stereocenters. The van der Waals surface area contributed by atoms with E-state index in [-0.39, 0.29) is 11.9 Å². The van der Waals surface area contributed by atoms with E-state index in [2.05, 4.69) is 28.9 Å². The molecule has 4 heteroatoms. The monoisotopic (exact) mass is 345 g/mol. The fourth-order valence-electron chi connectivity index (χ4n) is 2.81. The number of amides is 1. The minimum Gasteiger partial charge on any atom is -0.496 e. The van der Waals surface area contributed by atoms with Crippen LogP contribution in [0.1, 0.15) is 22.8 Å². The number of carbonyl (C=O) groups excluding carboxylic acids is 1. The summed E-state index contributed by atoms with van der Waals surface area (Å²) in [5.74, 6) is 0.747. The number of fused-ring (bicyclic) bond motifs is 1. The number of hydrogen-bond acceptors (Lipinski definition) is 2. The van der Waals surface area contributed by atoms with Gasteiger partial charge in [-0.1, -0.05) is 18.2 Å². The van der Waals surface area contributed by atoms with Gasteiger partial charge >= 0.3 is 0 Å². The number of anilines is 1. The molecule has 0 N–H and O–H groups in total. The van der Waals surface area contributed by atoms with Gasteiger partial charge in [0.15, 0.2) is 0 Å². The third-order valence-electron chi connectivity index (χ3n) is 3.82. The highest BCUT2D eigenvalue weighted by atomic mass is 79.9. The summed E-state index contributed by atoms with van der Waals surface area (Å²) in [5, 5.41) is 0. The number of rotatable bonds is 2. The van der Waals surface area contributed by atoms with Crippen LogP contribution >= 0.6 is 15.9 Å². The molecule has 2 aromatic rings. The van der Waals surface area contributed by atoms with Crippen LogP contribution in [0, 0.1) is 0 Å². The first-order valence-corrected chi connectivity index (χ1v) is 7.66. The topological polar surface area (TPSA) is 29.5 Å². The first-order valence-electron chi connectivity index (χ1n) is 6.87. The molecule has 0 bridgehead atoms. The highest BCUT2D eigenvalue weighted by molar-refractivity contribution is 9.10. The van der Waals surface area contributed by atoms with Crippen LogP contribution < -0.4 is 9.64 Å². The standard InChI is InChI=1S/C17H16BrNO2/c1-11-9-12-5-3-4-6-15(12)19(11)17(20)13-7-8-16(21-2)14(18)10-13/h3-8,10-11H,9H2,1-2H3. The Hall–Kier alpha value is -1.81. The van der Waals surface area contributed by atoms with Crippen molar-refractivity contribution in [3.63, 3.8) is 0 Å². The predicted octanol–water partition coefficient (Wildman–Crippen LogP) is 4.05. The molecule has 1 aliphatic rings. The third-order valence-corrected chi connectivity index (χ3v) is 4.44. The second-order valence-corrected chi connectivity index (χ2v) is 6.06. The highest BCUT2D eigenvalue weighted by Crippen LogP contribution is 2.34. The number of ether oxygens (including phenoxy) is 1. The van der Waals surface area contributed by atoms with Crippen molar-refractivity contribution in [3.8, 4) is 5.75 Å². The van der Waals surface area contributed by atoms with Gasteiger partial charge in [-0.3, -0.25) is 4.79 Å². The Bertz CT molecular complexity index is 699. The van der Waals surface area contributed by atoms with Gasteiger partial charge in [-0.05, 0) is 59.1 Å². The van der Waals surface area contributed by atoms with E-state index in [1.54, 1.807) is 13.2 Å². The van der Waals surface area contributed by atoms with Crippen LogP contribution in [0.4, 0.5) is 5.69 Å². The van der Waals surface area contributed by atoms with E-state index in [0.29, 0.717) is 5.56 Å². The van der Waals surface area contributed by atoms with Crippen LogP contribution in [-0.4, -0.2) is 19.1 Å². The molecule has 0 fully saturated rings. The van der Waals surface area contributed by atoms with Crippen LogP contribution in [0.25, 0.3) is 0 Å². The minimum absolute atomic E-state index is 0.0239. The maximum absolute atomic E-state index is 12.8. The molecule has 1 aliphatic heterocycles. The van der Waals surface area contributed by atoms with Crippen molar-refractivity contribution in [1.82, 2.24) is 0 Å². The Labute approximate surface area is 132 Å². The zero-order valence-electron chi connectivity index (χ0n) is 12.0. The summed E-state index contributed by atoms with van der Waals surface area (Å²) in [6.45, 7) is 2.08. The van der Waals surface area contributed by atoms with Crippen LogP contribution in [-0.2, 0) is 6.42 Å². The molecule has 1 unspecified atom stereocenters. The molecule has 0 aromatic heterocycles. The van der Waals surface area contributed by atoms with Crippen molar-refractivity contribution in [2.45, 2.75) is 19.4 Å². The summed E-state index contributed by atoms with van der Waals surface area (Å²) in [6.07, 6.45) is 0.902. The maximum Gasteiger partial charge on any atom is 0.258 e. The van der Waals surface area contributed by atoms with Gasteiger partial charge in [-0.15, -0.1) is 0 Å². The molecule has 0 spiro atoms. The Balaban J connectivity index is 1.97. The lowest BCUT2D eigenvalue weighted by Gasteiger charge is -2.23. The van der Waals surface area contributed by atoms with Crippen molar-refractivity contribution in [2.75, 3.05) is 12.0 Å². The minimum atomic E-state index is 0.0239. The molecule has 0 aliphatic carbocycles. The van der Waals surface area contributed by atoms with E-state index < -0.39 is 0 Å². The molecule has 0 saturated carbocycles. The number of methoxy groups -OCH3 is 1. The largest absolute Gasteiger partial charge is 0.496 e. The SMILES string of the molecule is COc1ccc(C(=O)N2c3ccccc3CC2C)cc1Br. The summed E-state index contributed by atoms with van der Waals surface area (Å²) in [4.78, 5) is 14.7. The smallest absolute Gasteiger partial charge is 0.258 e. The second kappa shape index (κ2) is 5.53. The molecule has 0 saturated heterocycles. The zero-order chi connectivity index (χ0) is 15.0. The number of benzene rings is 2. The van der Waals surface area contributed by atoms with E-state index in [1.807, 2.05) is 35.2 Å². The number of hydrogen-bond donors (Lipinski definition) is 0. The fourth-order valence-corrected chi connectivity index (χ4v) is 3.35. The number of para-hydroxylation sites is 1. The van der Waals surface area contributed by atoms with Gasteiger partial charge in [0.05, 0.1) is 11.6 Å². The molecule has 108 valence electrons. The Kier molecular flexibility index (Phi) is 3.72. The Morgan fingerprint density at radius 2 is 2.05 bits per heavy atom. The third kappa shape index (κ3) is 2.44. The quantitative estimate of drug-likeness (QED) is 0.821. The lowest BCUT2D eigenvalue weighted by molar-refractivity contribution is 0.0981. The zero-order valence-corrected chi connectivity index (χ0v) is 13.6. The van der Waals surface area contributed by atoms with Crippen molar-refractivity contribution in [2.24, 2.45) is 0 Å². The number of halogens is 1. The molecule has 3 nitrogen and oxygen atoms in total. The summed E-state index contributed by atoms with van der Waals surface area (Å²) in [6, 6.07) is 13.7. The second-order valence-electron chi connectivity index (χ2n) is 5.21. The molecular formula is C17H16BrNO2. The summed E-state index contributed by atoms with van der Waals surface area (Å²) in [7, 11) is 1.61. The van der Waals surface area contributed by atoms with Crippen molar-refractivity contribution in [1.29, 1.82) is 0 Å². The molecule has 0 radical (unpaired) electrons. The normalized spacial score (nSPS) is 16.7. The van der Waals surface area contributed by atoms with Crippen LogP contribution in [0.2, 0.25) is 0 Å². The highest BCUT2D eigenvalue weighted by Gasteiger charge is 2.31. The van der Waals surface area contributed by atoms with Crippen molar-refractivity contribution >= 4 is 27.5 Å². The van der Waals surface area contributed by atoms with Gasteiger partial charge in [0.25, 0.3) is 5.91 Å². The predicted molar refractivity (Wildman–Crippen MR) is 87.1 cm³/mol. The maximum atomic E-state index is 12.8. The van der Waals surface area contributed by atoms with E-state index in [4.69, 9.17) is 4.74 Å². The first kappa shape index (κ1) is 14.1. The average Bonchev–Trinajstić information content (AvgIpc) is 2.82. The molecule has 2 aromatic carbocycles.